The van der Waals surface area contributed by atoms with Crippen molar-refractivity contribution in [2.75, 3.05) is 0 Å². The maximum atomic E-state index is 15.8. The van der Waals surface area contributed by atoms with E-state index < -0.39 is 66.1 Å². The molecule has 42 heavy (non-hydrogen) atoms. The number of carbonyl (C=O) groups excluding carboxylic acids is 1. The van der Waals surface area contributed by atoms with Crippen molar-refractivity contribution in [2.24, 2.45) is 0 Å². The van der Waals surface area contributed by atoms with Crippen LogP contribution in [0.2, 0.25) is 0 Å². The normalized spacial score (nSPS) is 15.0. The monoisotopic (exact) mass is 620 g/mol. The first-order valence-corrected chi connectivity index (χ1v) is 14.5. The number of hydrogen-bond acceptors (Lipinski definition) is 1. The maximum Gasteiger partial charge on any atom is 0.461 e. The molecule has 1 fully saturated rings. The standard InChI is InChI=1S/C30H23F10OP/c31-27(32,29(35,36)37)24(20-12-10-11-13-20)25(26(41)28(33,34)30(38,39)40)42(21-14-4-1-5-15-21,22-16-6-2-7-17-22)23-18-8-3-9-19-23/h1-9,14-19H,10-13H2. The van der Waals surface area contributed by atoms with Crippen LogP contribution in [0.25, 0.3) is 0 Å². The molecule has 0 N–H and O–H groups in total. The highest BCUT2D eigenvalue weighted by Gasteiger charge is 2.69. The van der Waals surface area contributed by atoms with E-state index in [0.29, 0.717) is 0 Å². The highest BCUT2D eigenvalue weighted by molar-refractivity contribution is 7.96. The molecule has 0 heterocycles. The van der Waals surface area contributed by atoms with Crippen molar-refractivity contribution in [3.63, 3.8) is 0 Å². The van der Waals surface area contributed by atoms with Gasteiger partial charge in [-0.15, -0.1) is 0 Å². The quantitative estimate of drug-likeness (QED) is 0.193. The second kappa shape index (κ2) is 11.4. The van der Waals surface area contributed by atoms with Crippen LogP contribution >= 0.6 is 6.89 Å². The number of rotatable bonds is 7. The van der Waals surface area contributed by atoms with Gasteiger partial charge in [-0.2, -0.15) is 43.9 Å². The molecular weight excluding hydrogens is 597 g/mol. The van der Waals surface area contributed by atoms with E-state index >= 15 is 17.6 Å². The van der Waals surface area contributed by atoms with Gasteiger partial charge in [0.2, 0.25) is 5.78 Å². The van der Waals surface area contributed by atoms with Crippen LogP contribution in [-0.4, -0.2) is 35.3 Å². The van der Waals surface area contributed by atoms with Gasteiger partial charge in [-0.3, -0.25) is 4.79 Å². The van der Waals surface area contributed by atoms with Crippen LogP contribution in [0.3, 0.4) is 0 Å². The van der Waals surface area contributed by atoms with E-state index in [1.807, 2.05) is 0 Å². The lowest BCUT2D eigenvalue weighted by Gasteiger charge is -2.37. The Morgan fingerprint density at radius 2 is 0.857 bits per heavy atom. The summed E-state index contributed by atoms with van der Waals surface area (Å²) in [4.78, 5) is 13.7. The van der Waals surface area contributed by atoms with E-state index in [1.54, 1.807) is 0 Å². The molecule has 224 valence electrons. The number of benzene rings is 3. The van der Waals surface area contributed by atoms with Crippen molar-refractivity contribution < 1.29 is 48.7 Å². The summed E-state index contributed by atoms with van der Waals surface area (Å²) in [6, 6.07) is 19.8. The van der Waals surface area contributed by atoms with Crippen molar-refractivity contribution in [2.45, 2.75) is 49.9 Å². The minimum atomic E-state index is -6.59. The molecule has 1 aliphatic carbocycles. The molecule has 1 nitrogen and oxygen atoms in total. The molecule has 0 amide bonds. The number of alkyl halides is 10. The molecule has 0 aliphatic heterocycles. The van der Waals surface area contributed by atoms with Crippen LogP contribution in [0.5, 0.6) is 0 Å². The molecule has 1 saturated carbocycles. The summed E-state index contributed by atoms with van der Waals surface area (Å²) in [6.45, 7) is -4.61. The van der Waals surface area contributed by atoms with Crippen LogP contribution in [-0.2, 0) is 4.79 Å². The third kappa shape index (κ3) is 5.32. The fraction of sp³-hybridized carbons (Fsp3) is 0.267. The van der Waals surface area contributed by atoms with Crippen LogP contribution < -0.4 is 15.9 Å². The zero-order chi connectivity index (χ0) is 31.0. The summed E-state index contributed by atoms with van der Waals surface area (Å²) < 4.78 is 146. The summed E-state index contributed by atoms with van der Waals surface area (Å²) in [6.07, 6.45) is -13.7. The Balaban J connectivity index is 2.46. The van der Waals surface area contributed by atoms with E-state index in [0.717, 1.165) is 0 Å². The van der Waals surface area contributed by atoms with Gasteiger partial charge < -0.3 is 0 Å². The topological polar surface area (TPSA) is 17.1 Å². The SMILES string of the molecule is O=C(C(C(=C1CCCC1)C(F)(F)C(F)(F)F)=P(c1ccccc1)(c1ccccc1)c1ccccc1)C(F)(F)C(F)(F)F. The predicted molar refractivity (Wildman–Crippen MR) is 143 cm³/mol. The van der Waals surface area contributed by atoms with Crippen molar-refractivity contribution in [1.29, 1.82) is 0 Å². The molecule has 0 unspecified atom stereocenters. The zero-order valence-corrected chi connectivity index (χ0v) is 22.5. The highest BCUT2D eigenvalue weighted by Crippen LogP contribution is 2.55. The molecule has 12 heteroatoms. The summed E-state index contributed by atoms with van der Waals surface area (Å²) >= 11 is 0. The lowest BCUT2D eigenvalue weighted by Crippen LogP contribution is -2.53. The molecule has 1 aliphatic rings. The number of allylic oxidation sites excluding steroid dienone is 2. The smallest absolute Gasteiger partial charge is 0.287 e. The summed E-state index contributed by atoms with van der Waals surface area (Å²) in [5.41, 5.74) is -2.78. The summed E-state index contributed by atoms with van der Waals surface area (Å²) in [7, 11) is 0. The molecule has 3 aromatic carbocycles. The molecule has 3 aromatic rings. The van der Waals surface area contributed by atoms with Gasteiger partial charge in [-0.05, 0) is 48.5 Å². The molecular formula is C30H23F10OP. The Kier molecular flexibility index (Phi) is 8.57. The van der Waals surface area contributed by atoms with E-state index in [2.05, 4.69) is 0 Å². The van der Waals surface area contributed by atoms with Gasteiger partial charge in [0.25, 0.3) is 0 Å². The molecule has 0 radical (unpaired) electrons. The van der Waals surface area contributed by atoms with Gasteiger partial charge in [0.1, 0.15) is 0 Å². The van der Waals surface area contributed by atoms with Gasteiger partial charge in [0.05, 0.1) is 0 Å². The fourth-order valence-corrected chi connectivity index (χ4v) is 9.84. The Morgan fingerprint density at radius 1 is 0.524 bits per heavy atom. The van der Waals surface area contributed by atoms with Gasteiger partial charge >= 0.3 is 24.2 Å². The third-order valence-corrected chi connectivity index (χ3v) is 11.4. The van der Waals surface area contributed by atoms with Gasteiger partial charge in [0.15, 0.2) is 0 Å². The van der Waals surface area contributed by atoms with Crippen molar-refractivity contribution in [1.82, 2.24) is 0 Å². The lowest BCUT2D eigenvalue weighted by molar-refractivity contribution is -0.266. The first-order chi connectivity index (χ1) is 19.6. The minimum Gasteiger partial charge on any atom is -0.287 e. The summed E-state index contributed by atoms with van der Waals surface area (Å²) in [5, 5.41) is -2.33. The lowest BCUT2D eigenvalue weighted by atomic mass is 9.92. The Bertz CT molecular complexity index is 1390. The van der Waals surface area contributed by atoms with Crippen molar-refractivity contribution in [3.8, 4) is 0 Å². The van der Waals surface area contributed by atoms with Crippen LogP contribution in [0, 0.1) is 0 Å². The van der Waals surface area contributed by atoms with Crippen molar-refractivity contribution >= 4 is 33.9 Å². The number of halogens is 10. The fourth-order valence-electron chi connectivity index (χ4n) is 5.23. The molecule has 0 atom stereocenters. The first kappa shape index (κ1) is 31.6. The molecule has 4 rings (SSSR count). The Morgan fingerprint density at radius 3 is 1.17 bits per heavy atom. The van der Waals surface area contributed by atoms with E-state index in [-0.39, 0.29) is 28.8 Å². The third-order valence-electron chi connectivity index (χ3n) is 7.09. The average Bonchev–Trinajstić information content (AvgIpc) is 3.47. The van der Waals surface area contributed by atoms with E-state index in [4.69, 9.17) is 0 Å². The van der Waals surface area contributed by atoms with E-state index in [9.17, 15) is 31.1 Å². The van der Waals surface area contributed by atoms with Crippen LogP contribution in [0.4, 0.5) is 43.9 Å². The predicted octanol–water partition coefficient (Wildman–Crippen LogP) is 7.99. The number of Topliss-reactive ketones (excluding diaryl/α,β-unsaturated/α-hetero) is 1. The van der Waals surface area contributed by atoms with Gasteiger partial charge in [-0.1, -0.05) is 96.6 Å². The zero-order valence-electron chi connectivity index (χ0n) is 21.6. The van der Waals surface area contributed by atoms with E-state index in [1.165, 1.54) is 91.0 Å². The number of carbonyl (C=O) groups is 1. The minimum absolute atomic E-state index is 0.0807. The Labute approximate surface area is 234 Å². The maximum absolute atomic E-state index is 15.8. The van der Waals surface area contributed by atoms with Crippen LogP contribution in [0.1, 0.15) is 25.7 Å². The molecule has 0 aromatic heterocycles. The van der Waals surface area contributed by atoms with Gasteiger partial charge in [-0.25, -0.2) is 0 Å². The second-order valence-electron chi connectivity index (χ2n) is 9.69. The van der Waals surface area contributed by atoms with Crippen molar-refractivity contribution in [3.05, 3.63) is 102 Å². The number of hydrogen-bond donors (Lipinski definition) is 0. The Hall–Kier alpha value is -3.33. The van der Waals surface area contributed by atoms with Crippen LogP contribution in [0.15, 0.2) is 102 Å². The molecule has 0 spiro atoms. The molecule has 0 bridgehead atoms. The second-order valence-corrected chi connectivity index (χ2v) is 13.0. The molecule has 0 saturated heterocycles. The first-order valence-electron chi connectivity index (χ1n) is 12.7. The average molecular weight is 620 g/mol. The highest BCUT2D eigenvalue weighted by atomic mass is 31.2. The van der Waals surface area contributed by atoms with Gasteiger partial charge in [0, 0.05) is 10.9 Å². The summed E-state index contributed by atoms with van der Waals surface area (Å²) in [5.74, 6) is -15.4. The largest absolute Gasteiger partial charge is 0.461 e. The number of ketones is 1.